The van der Waals surface area contributed by atoms with Gasteiger partial charge in [-0.1, -0.05) is 11.6 Å². The van der Waals surface area contributed by atoms with Crippen LogP contribution in [0.5, 0.6) is 0 Å². The average molecular weight is 242 g/mol. The van der Waals surface area contributed by atoms with Crippen LogP contribution in [0, 0.1) is 5.92 Å². The van der Waals surface area contributed by atoms with Crippen molar-refractivity contribution in [3.8, 4) is 0 Å². The molecule has 4 nitrogen and oxygen atoms in total. The Bertz CT molecular complexity index is 323. The lowest BCUT2D eigenvalue weighted by Gasteiger charge is -2.30. The third-order valence-corrected chi connectivity index (χ3v) is 3.24. The van der Waals surface area contributed by atoms with Gasteiger partial charge in [-0.05, 0) is 44.0 Å². The second kappa shape index (κ2) is 5.57. The van der Waals surface area contributed by atoms with E-state index in [4.69, 9.17) is 16.7 Å². The van der Waals surface area contributed by atoms with Crippen LogP contribution < -0.4 is 0 Å². The first-order valence-corrected chi connectivity index (χ1v) is 5.97. The summed E-state index contributed by atoms with van der Waals surface area (Å²) in [7, 11) is 0. The van der Waals surface area contributed by atoms with Crippen molar-refractivity contribution in [3.63, 3.8) is 0 Å². The zero-order valence-electron chi connectivity index (χ0n) is 9.14. The molecule has 1 aliphatic rings. The van der Waals surface area contributed by atoms with E-state index < -0.39 is 0 Å². The first kappa shape index (κ1) is 11.8. The summed E-state index contributed by atoms with van der Waals surface area (Å²) in [5.41, 5.74) is 0.951. The number of aromatic nitrogens is 2. The molecular weight excluding hydrogens is 226 g/mol. The molecule has 2 heterocycles. The molecule has 5 heteroatoms. The first-order valence-electron chi connectivity index (χ1n) is 5.59. The molecular formula is C11H16ClN3O. The fourth-order valence-corrected chi connectivity index (χ4v) is 2.08. The van der Waals surface area contributed by atoms with Gasteiger partial charge in [-0.15, -0.1) is 5.10 Å². The monoisotopic (exact) mass is 241 g/mol. The van der Waals surface area contributed by atoms with Gasteiger partial charge in [-0.25, -0.2) is 0 Å². The number of aliphatic hydroxyl groups excluding tert-OH is 1. The summed E-state index contributed by atoms with van der Waals surface area (Å²) >= 11 is 5.68. The zero-order chi connectivity index (χ0) is 11.4. The summed E-state index contributed by atoms with van der Waals surface area (Å²) in [5.74, 6) is 0.479. The van der Waals surface area contributed by atoms with Gasteiger partial charge in [0.25, 0.3) is 0 Å². The van der Waals surface area contributed by atoms with E-state index >= 15 is 0 Å². The van der Waals surface area contributed by atoms with E-state index in [0.29, 0.717) is 17.7 Å². The molecule has 1 N–H and O–H groups in total. The van der Waals surface area contributed by atoms with Crippen LogP contribution >= 0.6 is 11.6 Å². The van der Waals surface area contributed by atoms with Crippen molar-refractivity contribution in [2.24, 2.45) is 5.92 Å². The van der Waals surface area contributed by atoms with Gasteiger partial charge < -0.3 is 5.11 Å². The third-order valence-electron chi connectivity index (χ3n) is 3.04. The van der Waals surface area contributed by atoms with E-state index in [0.717, 1.165) is 38.2 Å². The van der Waals surface area contributed by atoms with Gasteiger partial charge in [0, 0.05) is 13.2 Å². The van der Waals surface area contributed by atoms with Crippen LogP contribution in [0.15, 0.2) is 12.1 Å². The van der Waals surface area contributed by atoms with Crippen LogP contribution in [0.3, 0.4) is 0 Å². The smallest absolute Gasteiger partial charge is 0.151 e. The van der Waals surface area contributed by atoms with Crippen molar-refractivity contribution >= 4 is 11.6 Å². The van der Waals surface area contributed by atoms with Gasteiger partial charge in [0.05, 0.1) is 5.69 Å². The fourth-order valence-electron chi connectivity index (χ4n) is 1.98. The topological polar surface area (TPSA) is 49.2 Å². The number of likely N-dealkylation sites (tertiary alicyclic amines) is 1. The van der Waals surface area contributed by atoms with E-state index in [1.54, 1.807) is 6.07 Å². The van der Waals surface area contributed by atoms with E-state index in [1.807, 2.05) is 6.07 Å². The van der Waals surface area contributed by atoms with E-state index in [-0.39, 0.29) is 0 Å². The van der Waals surface area contributed by atoms with Crippen molar-refractivity contribution < 1.29 is 5.11 Å². The highest BCUT2D eigenvalue weighted by atomic mass is 35.5. The molecule has 0 aromatic carbocycles. The van der Waals surface area contributed by atoms with Crippen molar-refractivity contribution in [3.05, 3.63) is 23.0 Å². The minimum Gasteiger partial charge on any atom is -0.396 e. The fraction of sp³-hybridized carbons (Fsp3) is 0.636. The predicted octanol–water partition coefficient (Wildman–Crippen LogP) is 1.33. The number of aliphatic hydroxyl groups is 1. The summed E-state index contributed by atoms with van der Waals surface area (Å²) in [6.45, 7) is 3.18. The van der Waals surface area contributed by atoms with Gasteiger partial charge in [-0.2, -0.15) is 5.10 Å². The Morgan fingerprint density at radius 2 is 2.06 bits per heavy atom. The van der Waals surface area contributed by atoms with Crippen molar-refractivity contribution in [2.75, 3.05) is 19.7 Å². The Hall–Kier alpha value is -0.710. The maximum Gasteiger partial charge on any atom is 0.151 e. The summed E-state index contributed by atoms with van der Waals surface area (Å²) in [6.07, 6.45) is 2.13. The molecule has 88 valence electrons. The van der Waals surface area contributed by atoms with Crippen LogP contribution in [0.2, 0.25) is 5.15 Å². The van der Waals surface area contributed by atoms with Crippen LogP contribution in [0.4, 0.5) is 0 Å². The molecule has 1 aromatic heterocycles. The molecule has 0 amide bonds. The summed E-state index contributed by atoms with van der Waals surface area (Å²) in [6, 6.07) is 3.68. The SMILES string of the molecule is OCC1CCN(Cc2ccc(Cl)nn2)CC1. The quantitative estimate of drug-likeness (QED) is 0.868. The summed E-state index contributed by atoms with van der Waals surface area (Å²) < 4.78 is 0. The van der Waals surface area contributed by atoms with E-state index in [1.165, 1.54) is 0 Å². The van der Waals surface area contributed by atoms with Gasteiger partial charge in [-0.3, -0.25) is 4.90 Å². The number of hydrogen-bond acceptors (Lipinski definition) is 4. The lowest BCUT2D eigenvalue weighted by atomic mass is 9.98. The second-order valence-corrected chi connectivity index (χ2v) is 4.64. The number of nitrogens with zero attached hydrogens (tertiary/aromatic N) is 3. The Morgan fingerprint density at radius 3 is 2.62 bits per heavy atom. The summed E-state index contributed by atoms with van der Waals surface area (Å²) in [4.78, 5) is 2.34. The highest BCUT2D eigenvalue weighted by Gasteiger charge is 2.18. The van der Waals surface area contributed by atoms with E-state index in [2.05, 4.69) is 15.1 Å². The maximum atomic E-state index is 9.04. The Balaban J connectivity index is 1.84. The summed E-state index contributed by atoms with van der Waals surface area (Å²) in [5, 5.41) is 17.3. The molecule has 1 fully saturated rings. The standard InChI is InChI=1S/C11H16ClN3O/c12-11-2-1-10(13-14-11)7-15-5-3-9(8-16)4-6-15/h1-2,9,16H,3-8H2. The lowest BCUT2D eigenvalue weighted by molar-refractivity contribution is 0.126. The van der Waals surface area contributed by atoms with Crippen LogP contribution in [0.1, 0.15) is 18.5 Å². The van der Waals surface area contributed by atoms with Crippen molar-refractivity contribution in [1.82, 2.24) is 15.1 Å². The third kappa shape index (κ3) is 3.14. The molecule has 16 heavy (non-hydrogen) atoms. The molecule has 1 aromatic rings. The Labute approximate surface area is 100 Å². The molecule has 0 atom stereocenters. The van der Waals surface area contributed by atoms with Gasteiger partial charge in [0.1, 0.15) is 0 Å². The normalized spacial score (nSPS) is 18.9. The van der Waals surface area contributed by atoms with Crippen LogP contribution in [-0.2, 0) is 6.54 Å². The van der Waals surface area contributed by atoms with E-state index in [9.17, 15) is 0 Å². The number of hydrogen-bond donors (Lipinski definition) is 1. The minimum absolute atomic E-state index is 0.314. The highest BCUT2D eigenvalue weighted by Crippen LogP contribution is 2.17. The Kier molecular flexibility index (Phi) is 4.09. The lowest BCUT2D eigenvalue weighted by Crippen LogP contribution is -2.34. The minimum atomic E-state index is 0.314. The molecule has 1 saturated heterocycles. The molecule has 0 aliphatic carbocycles. The second-order valence-electron chi connectivity index (χ2n) is 4.25. The first-order chi connectivity index (χ1) is 7.78. The molecule has 0 unspecified atom stereocenters. The molecule has 0 radical (unpaired) electrons. The van der Waals surface area contributed by atoms with Gasteiger partial charge >= 0.3 is 0 Å². The molecule has 0 saturated carbocycles. The van der Waals surface area contributed by atoms with Crippen LogP contribution in [-0.4, -0.2) is 39.9 Å². The maximum absolute atomic E-state index is 9.04. The largest absolute Gasteiger partial charge is 0.396 e. The molecule has 0 spiro atoms. The highest BCUT2D eigenvalue weighted by molar-refractivity contribution is 6.29. The molecule has 2 rings (SSSR count). The predicted molar refractivity (Wildman–Crippen MR) is 62.1 cm³/mol. The van der Waals surface area contributed by atoms with Gasteiger partial charge in [0.15, 0.2) is 5.15 Å². The average Bonchev–Trinajstić information content (AvgIpc) is 2.33. The van der Waals surface area contributed by atoms with Crippen LogP contribution in [0.25, 0.3) is 0 Å². The number of halogens is 1. The number of rotatable bonds is 3. The molecule has 0 bridgehead atoms. The number of piperidine rings is 1. The molecule has 1 aliphatic heterocycles. The van der Waals surface area contributed by atoms with Gasteiger partial charge in [0.2, 0.25) is 0 Å². The van der Waals surface area contributed by atoms with Crippen molar-refractivity contribution in [2.45, 2.75) is 19.4 Å². The van der Waals surface area contributed by atoms with Crippen molar-refractivity contribution in [1.29, 1.82) is 0 Å². The zero-order valence-corrected chi connectivity index (χ0v) is 9.90. The Morgan fingerprint density at radius 1 is 1.31 bits per heavy atom.